The van der Waals surface area contributed by atoms with E-state index in [-0.39, 0.29) is 13.2 Å². The van der Waals surface area contributed by atoms with Crippen molar-refractivity contribution in [2.45, 2.75) is 13.8 Å². The maximum atomic E-state index is 11.0. The second-order valence-electron chi connectivity index (χ2n) is 3.74. The Kier molecular flexibility index (Phi) is 7.35. The first-order valence-corrected chi connectivity index (χ1v) is 6.34. The number of hydrogen-bond donors (Lipinski definition) is 3. The van der Waals surface area contributed by atoms with E-state index in [1.54, 1.807) is 6.92 Å². The first-order chi connectivity index (χ1) is 6.58. The first kappa shape index (κ1) is 14.0. The van der Waals surface area contributed by atoms with Crippen molar-refractivity contribution in [3.8, 4) is 0 Å². The third-order valence-corrected chi connectivity index (χ3v) is 3.45. The van der Waals surface area contributed by atoms with Crippen LogP contribution in [0.15, 0.2) is 0 Å². The molecule has 0 aliphatic heterocycles. The molecule has 0 rings (SSSR count). The molecule has 0 spiro atoms. The summed E-state index contributed by atoms with van der Waals surface area (Å²) in [6.45, 7) is 4.80. The van der Waals surface area contributed by atoms with Gasteiger partial charge in [-0.3, -0.25) is 4.21 Å². The van der Waals surface area contributed by atoms with Crippen LogP contribution in [-0.2, 0) is 10.8 Å². The summed E-state index contributed by atoms with van der Waals surface area (Å²) >= 11 is 0. The summed E-state index contributed by atoms with van der Waals surface area (Å²) < 4.78 is 11.0. The molecule has 14 heavy (non-hydrogen) atoms. The molecule has 0 amide bonds. The second kappa shape index (κ2) is 7.34. The Balaban J connectivity index is 3.57. The fourth-order valence-electron chi connectivity index (χ4n) is 0.882. The van der Waals surface area contributed by atoms with Gasteiger partial charge in [-0.1, -0.05) is 13.8 Å². The average Bonchev–Trinajstić information content (AvgIpc) is 2.23. The Morgan fingerprint density at radius 3 is 2.36 bits per heavy atom. The third-order valence-electron chi connectivity index (χ3n) is 2.14. The number of rotatable bonds is 8. The third kappa shape index (κ3) is 5.70. The molecule has 0 aromatic heterocycles. The molecule has 0 aromatic carbocycles. The van der Waals surface area contributed by atoms with E-state index in [2.05, 4.69) is 5.32 Å². The van der Waals surface area contributed by atoms with Gasteiger partial charge in [-0.05, 0) is 0 Å². The topological polar surface area (TPSA) is 69.6 Å². The van der Waals surface area contributed by atoms with Crippen molar-refractivity contribution < 1.29 is 14.4 Å². The van der Waals surface area contributed by atoms with E-state index in [1.165, 1.54) is 0 Å². The molecule has 1 unspecified atom stereocenters. The van der Waals surface area contributed by atoms with Gasteiger partial charge in [-0.2, -0.15) is 0 Å². The summed E-state index contributed by atoms with van der Waals surface area (Å²) in [5.41, 5.74) is -0.478. The van der Waals surface area contributed by atoms with Gasteiger partial charge in [-0.15, -0.1) is 0 Å². The Morgan fingerprint density at radius 2 is 1.93 bits per heavy atom. The molecule has 0 heterocycles. The lowest BCUT2D eigenvalue weighted by Gasteiger charge is -2.24. The predicted molar refractivity (Wildman–Crippen MR) is 58.7 cm³/mol. The quantitative estimate of drug-likeness (QED) is 0.478. The van der Waals surface area contributed by atoms with Crippen LogP contribution in [0.3, 0.4) is 0 Å². The van der Waals surface area contributed by atoms with Crippen LogP contribution in [-0.4, -0.2) is 52.2 Å². The van der Waals surface area contributed by atoms with E-state index >= 15 is 0 Å². The molecule has 3 N–H and O–H groups in total. The van der Waals surface area contributed by atoms with E-state index in [0.717, 1.165) is 0 Å². The number of aliphatic hydroxyl groups is 2. The predicted octanol–water partition coefficient (Wildman–Crippen LogP) is -0.664. The Bertz CT molecular complexity index is 171. The minimum absolute atomic E-state index is 0.0482. The van der Waals surface area contributed by atoms with Crippen molar-refractivity contribution in [2.24, 2.45) is 5.41 Å². The number of hydrogen-bond acceptors (Lipinski definition) is 4. The molecular weight excluding hydrogens is 202 g/mol. The van der Waals surface area contributed by atoms with Gasteiger partial charge < -0.3 is 15.5 Å². The van der Waals surface area contributed by atoms with Crippen LogP contribution in [0.25, 0.3) is 0 Å². The van der Waals surface area contributed by atoms with E-state index in [0.29, 0.717) is 24.6 Å². The highest BCUT2D eigenvalue weighted by Crippen LogP contribution is 2.11. The van der Waals surface area contributed by atoms with E-state index in [9.17, 15) is 4.21 Å². The minimum atomic E-state index is -0.747. The lowest BCUT2D eigenvalue weighted by molar-refractivity contribution is 0.0703. The highest BCUT2D eigenvalue weighted by Gasteiger charge is 2.21. The van der Waals surface area contributed by atoms with E-state index < -0.39 is 16.2 Å². The van der Waals surface area contributed by atoms with Crippen LogP contribution < -0.4 is 5.32 Å². The minimum Gasteiger partial charge on any atom is -0.396 e. The van der Waals surface area contributed by atoms with Gasteiger partial charge in [0.05, 0.1) is 13.2 Å². The lowest BCUT2D eigenvalue weighted by atomic mass is 9.93. The highest BCUT2D eigenvalue weighted by atomic mass is 32.2. The zero-order valence-electron chi connectivity index (χ0n) is 8.95. The monoisotopic (exact) mass is 223 g/mol. The maximum Gasteiger partial charge on any atom is 0.0518 e. The zero-order chi connectivity index (χ0) is 11.0. The largest absolute Gasteiger partial charge is 0.396 e. The van der Waals surface area contributed by atoms with Crippen LogP contribution in [0, 0.1) is 5.41 Å². The van der Waals surface area contributed by atoms with Crippen LogP contribution in [0.2, 0.25) is 0 Å². The molecular formula is C9H21NO3S. The maximum absolute atomic E-state index is 11.0. The fourth-order valence-corrected chi connectivity index (χ4v) is 1.54. The fraction of sp³-hybridized carbons (Fsp3) is 1.00. The molecule has 0 saturated carbocycles. The zero-order valence-corrected chi connectivity index (χ0v) is 9.77. The normalized spacial score (nSPS) is 14.3. The Hall–Kier alpha value is 0.0300. The molecule has 0 radical (unpaired) electrons. The van der Waals surface area contributed by atoms with Gasteiger partial charge in [0.2, 0.25) is 0 Å². The van der Waals surface area contributed by atoms with Crippen molar-refractivity contribution in [1.82, 2.24) is 5.32 Å². The summed E-state index contributed by atoms with van der Waals surface area (Å²) in [6, 6.07) is 0. The van der Waals surface area contributed by atoms with Gasteiger partial charge in [0.1, 0.15) is 0 Å². The Labute approximate surface area is 88.2 Å². The first-order valence-electron chi connectivity index (χ1n) is 4.85. The summed E-state index contributed by atoms with van der Waals surface area (Å²) in [6.07, 6.45) is 0. The molecule has 0 aromatic rings. The van der Waals surface area contributed by atoms with E-state index in [4.69, 9.17) is 10.2 Å². The highest BCUT2D eigenvalue weighted by molar-refractivity contribution is 7.84. The number of aliphatic hydroxyl groups excluding tert-OH is 2. The van der Waals surface area contributed by atoms with Gasteiger partial charge in [0.15, 0.2) is 0 Å². The summed E-state index contributed by atoms with van der Waals surface area (Å²) in [4.78, 5) is 0. The van der Waals surface area contributed by atoms with Gasteiger partial charge in [0.25, 0.3) is 0 Å². The van der Waals surface area contributed by atoms with Crippen molar-refractivity contribution in [3.63, 3.8) is 0 Å². The van der Waals surface area contributed by atoms with E-state index in [1.807, 2.05) is 6.92 Å². The molecule has 0 saturated heterocycles. The SMILES string of the molecule is CCS(=O)CCNCC(C)(CO)CO. The molecule has 0 aliphatic rings. The molecule has 0 fully saturated rings. The molecule has 5 heteroatoms. The number of nitrogens with one attached hydrogen (secondary N) is 1. The van der Waals surface area contributed by atoms with Crippen molar-refractivity contribution >= 4 is 10.8 Å². The Morgan fingerprint density at radius 1 is 1.36 bits per heavy atom. The van der Waals surface area contributed by atoms with Crippen LogP contribution in [0.1, 0.15) is 13.8 Å². The van der Waals surface area contributed by atoms with Crippen molar-refractivity contribution in [1.29, 1.82) is 0 Å². The van der Waals surface area contributed by atoms with Crippen LogP contribution in [0.5, 0.6) is 0 Å². The molecule has 0 aliphatic carbocycles. The standard InChI is InChI=1S/C9H21NO3S/c1-3-14(13)5-4-10-6-9(2,7-11)8-12/h10-12H,3-8H2,1-2H3. The second-order valence-corrected chi connectivity index (χ2v) is 5.60. The average molecular weight is 223 g/mol. The molecule has 0 bridgehead atoms. The van der Waals surface area contributed by atoms with Crippen LogP contribution >= 0.6 is 0 Å². The van der Waals surface area contributed by atoms with Gasteiger partial charge in [-0.25, -0.2) is 0 Å². The molecule has 4 nitrogen and oxygen atoms in total. The van der Waals surface area contributed by atoms with Crippen molar-refractivity contribution in [3.05, 3.63) is 0 Å². The summed E-state index contributed by atoms with van der Waals surface area (Å²) in [5.74, 6) is 1.31. The molecule has 86 valence electrons. The van der Waals surface area contributed by atoms with Gasteiger partial charge in [0, 0.05) is 40.8 Å². The smallest absolute Gasteiger partial charge is 0.0518 e. The molecule has 1 atom stereocenters. The summed E-state index contributed by atoms with van der Waals surface area (Å²) in [7, 11) is -0.747. The summed E-state index contributed by atoms with van der Waals surface area (Å²) in [5, 5.41) is 21.0. The van der Waals surface area contributed by atoms with Crippen LogP contribution in [0.4, 0.5) is 0 Å². The lowest BCUT2D eigenvalue weighted by Crippen LogP contribution is -2.39. The van der Waals surface area contributed by atoms with Crippen molar-refractivity contribution in [2.75, 3.05) is 37.8 Å². The van der Waals surface area contributed by atoms with Gasteiger partial charge >= 0.3 is 0 Å².